The molecule has 1 aliphatic rings. The number of Topliss-reactive ketones (excluding diaryl/α,β-unsaturated/α-hetero) is 1. The Labute approximate surface area is 157 Å². The van der Waals surface area contributed by atoms with Gasteiger partial charge in [0.1, 0.15) is 12.1 Å². The molecule has 8 nitrogen and oxygen atoms in total. The van der Waals surface area contributed by atoms with Gasteiger partial charge in [0.2, 0.25) is 0 Å². The van der Waals surface area contributed by atoms with Crippen LogP contribution in [0.15, 0.2) is 36.4 Å². The molecule has 0 spiro atoms. The van der Waals surface area contributed by atoms with Gasteiger partial charge in [-0.05, 0) is 35.7 Å². The van der Waals surface area contributed by atoms with E-state index in [0.717, 1.165) is 0 Å². The topological polar surface area (TPSA) is 111 Å². The highest BCUT2D eigenvalue weighted by molar-refractivity contribution is 5.98. The third-order valence-electron chi connectivity index (χ3n) is 4.37. The van der Waals surface area contributed by atoms with E-state index < -0.39 is 12.1 Å². The van der Waals surface area contributed by atoms with E-state index in [1.807, 2.05) is 30.3 Å². The maximum atomic E-state index is 12.2. The fraction of sp³-hybridized carbons (Fsp3) is 0.316. The van der Waals surface area contributed by atoms with Crippen molar-refractivity contribution in [1.82, 2.24) is 15.5 Å². The third-order valence-corrected chi connectivity index (χ3v) is 4.37. The van der Waals surface area contributed by atoms with E-state index in [9.17, 15) is 9.59 Å². The largest absolute Gasteiger partial charge is 0.345 e. The first kappa shape index (κ1) is 18.3. The Kier molecular flexibility index (Phi) is 5.31. The zero-order chi connectivity index (χ0) is 19.4. The van der Waals surface area contributed by atoms with Gasteiger partial charge in [-0.15, -0.1) is 10.2 Å². The molecular weight excluding hydrogens is 344 g/mol. The number of ketones is 1. The van der Waals surface area contributed by atoms with E-state index in [2.05, 4.69) is 34.7 Å². The molecule has 0 aliphatic carbocycles. The lowest BCUT2D eigenvalue weighted by Crippen LogP contribution is -2.43. The van der Waals surface area contributed by atoms with Crippen LogP contribution in [0.3, 0.4) is 0 Å². The summed E-state index contributed by atoms with van der Waals surface area (Å²) in [5.74, 6) is 0.808. The number of rotatable bonds is 4. The molecule has 0 bridgehead atoms. The number of carbonyl (C=O) groups excluding carboxylic acids is 2. The van der Waals surface area contributed by atoms with Gasteiger partial charge in [0.25, 0.3) is 0 Å². The van der Waals surface area contributed by atoms with Crippen LogP contribution in [-0.2, 0) is 4.79 Å². The van der Waals surface area contributed by atoms with Crippen LogP contribution >= 0.6 is 0 Å². The SMILES string of the molecule is CC(C)c1ccc(NC(=O)N[C@H]2CN(c3ccc(C#N)nn3)CC2=O)cc1. The first-order valence-corrected chi connectivity index (χ1v) is 8.65. The summed E-state index contributed by atoms with van der Waals surface area (Å²) in [5, 5.41) is 21.9. The van der Waals surface area contributed by atoms with Crippen LogP contribution < -0.4 is 15.5 Å². The highest BCUT2D eigenvalue weighted by Crippen LogP contribution is 2.18. The molecule has 2 aromatic rings. The molecule has 2 heterocycles. The van der Waals surface area contributed by atoms with Crippen LogP contribution in [0.1, 0.15) is 31.0 Å². The van der Waals surface area contributed by atoms with Crippen molar-refractivity contribution in [2.75, 3.05) is 23.3 Å². The summed E-state index contributed by atoms with van der Waals surface area (Å²) in [5.41, 5.74) is 2.06. The quantitative estimate of drug-likeness (QED) is 0.859. The molecule has 1 atom stereocenters. The van der Waals surface area contributed by atoms with Crippen molar-refractivity contribution in [2.24, 2.45) is 0 Å². The van der Waals surface area contributed by atoms with E-state index >= 15 is 0 Å². The van der Waals surface area contributed by atoms with E-state index in [4.69, 9.17) is 5.26 Å². The number of aromatic nitrogens is 2. The van der Waals surface area contributed by atoms with Gasteiger partial charge in [-0.3, -0.25) is 4.79 Å². The minimum absolute atomic E-state index is 0.105. The molecule has 1 saturated heterocycles. The molecule has 138 valence electrons. The predicted octanol–water partition coefficient (Wildman–Crippen LogP) is 2.05. The van der Waals surface area contributed by atoms with Crippen molar-refractivity contribution >= 4 is 23.3 Å². The van der Waals surface area contributed by atoms with Crippen molar-refractivity contribution in [3.8, 4) is 6.07 Å². The van der Waals surface area contributed by atoms with Crippen LogP contribution in [0.5, 0.6) is 0 Å². The molecule has 1 aromatic carbocycles. The van der Waals surface area contributed by atoms with Crippen LogP contribution in [-0.4, -0.2) is 41.1 Å². The summed E-state index contributed by atoms with van der Waals surface area (Å²) >= 11 is 0. The van der Waals surface area contributed by atoms with Gasteiger partial charge in [-0.2, -0.15) is 5.26 Å². The van der Waals surface area contributed by atoms with Crippen LogP contribution in [0, 0.1) is 11.3 Å². The second kappa shape index (κ2) is 7.83. The number of carbonyl (C=O) groups is 2. The highest BCUT2D eigenvalue weighted by atomic mass is 16.2. The fourth-order valence-electron chi connectivity index (χ4n) is 2.82. The maximum Gasteiger partial charge on any atom is 0.319 e. The minimum Gasteiger partial charge on any atom is -0.345 e. The molecule has 0 unspecified atom stereocenters. The lowest BCUT2D eigenvalue weighted by Gasteiger charge is -2.16. The molecule has 0 radical (unpaired) electrons. The number of anilines is 2. The second-order valence-corrected chi connectivity index (χ2v) is 6.66. The van der Waals surface area contributed by atoms with E-state index in [-0.39, 0.29) is 18.0 Å². The molecule has 1 fully saturated rings. The maximum absolute atomic E-state index is 12.2. The van der Waals surface area contributed by atoms with Crippen molar-refractivity contribution < 1.29 is 9.59 Å². The highest BCUT2D eigenvalue weighted by Gasteiger charge is 2.32. The summed E-state index contributed by atoms with van der Waals surface area (Å²) in [7, 11) is 0. The van der Waals surface area contributed by atoms with Gasteiger partial charge in [0, 0.05) is 12.2 Å². The van der Waals surface area contributed by atoms with Crippen molar-refractivity contribution in [3.63, 3.8) is 0 Å². The Hall–Kier alpha value is -3.47. The first-order chi connectivity index (χ1) is 13.0. The van der Waals surface area contributed by atoms with Gasteiger partial charge in [-0.25, -0.2) is 4.79 Å². The van der Waals surface area contributed by atoms with Gasteiger partial charge < -0.3 is 15.5 Å². The van der Waals surface area contributed by atoms with E-state index in [1.165, 1.54) is 5.56 Å². The Morgan fingerprint density at radius 2 is 1.96 bits per heavy atom. The number of hydrogen-bond donors (Lipinski definition) is 2. The number of benzene rings is 1. The van der Waals surface area contributed by atoms with Crippen LogP contribution in [0.25, 0.3) is 0 Å². The van der Waals surface area contributed by atoms with Crippen LogP contribution in [0.4, 0.5) is 16.3 Å². The lowest BCUT2D eigenvalue weighted by molar-refractivity contribution is -0.117. The number of hydrogen-bond acceptors (Lipinski definition) is 6. The first-order valence-electron chi connectivity index (χ1n) is 8.65. The summed E-state index contributed by atoms with van der Waals surface area (Å²) in [6, 6.07) is 11.6. The summed E-state index contributed by atoms with van der Waals surface area (Å²) in [6.07, 6.45) is 0. The molecule has 8 heteroatoms. The van der Waals surface area contributed by atoms with Crippen LogP contribution in [0.2, 0.25) is 0 Å². The normalized spacial score (nSPS) is 16.3. The predicted molar refractivity (Wildman–Crippen MR) is 100 cm³/mol. The zero-order valence-corrected chi connectivity index (χ0v) is 15.1. The molecule has 1 aromatic heterocycles. The lowest BCUT2D eigenvalue weighted by atomic mass is 10.0. The molecule has 2 amide bonds. The van der Waals surface area contributed by atoms with Crippen molar-refractivity contribution in [2.45, 2.75) is 25.8 Å². The van der Waals surface area contributed by atoms with Gasteiger partial charge in [0.05, 0.1) is 6.54 Å². The van der Waals surface area contributed by atoms with Gasteiger partial charge in [0.15, 0.2) is 17.3 Å². The standard InChI is InChI=1S/C19H20N6O2/c1-12(2)13-3-5-14(6-4-13)21-19(27)22-16-10-25(11-17(16)26)18-8-7-15(9-20)23-24-18/h3-8,12,16H,10-11H2,1-2H3,(H2,21,22,27)/t16-/m0/s1. The number of amides is 2. The number of nitriles is 1. The van der Waals surface area contributed by atoms with Gasteiger partial charge >= 0.3 is 6.03 Å². The number of nitrogens with zero attached hydrogens (tertiary/aromatic N) is 4. The van der Waals surface area contributed by atoms with Crippen molar-refractivity contribution in [3.05, 3.63) is 47.7 Å². The van der Waals surface area contributed by atoms with Gasteiger partial charge in [-0.1, -0.05) is 26.0 Å². The molecule has 27 heavy (non-hydrogen) atoms. The fourth-order valence-corrected chi connectivity index (χ4v) is 2.82. The Balaban J connectivity index is 1.57. The molecule has 1 aliphatic heterocycles. The van der Waals surface area contributed by atoms with Crippen molar-refractivity contribution in [1.29, 1.82) is 5.26 Å². The summed E-state index contributed by atoms with van der Waals surface area (Å²) in [6.45, 7) is 4.64. The summed E-state index contributed by atoms with van der Waals surface area (Å²) < 4.78 is 0. The molecular formula is C19H20N6O2. The number of urea groups is 1. The Morgan fingerprint density at radius 1 is 1.22 bits per heavy atom. The second-order valence-electron chi connectivity index (χ2n) is 6.66. The average molecular weight is 364 g/mol. The van der Waals surface area contributed by atoms with E-state index in [1.54, 1.807) is 17.0 Å². The monoisotopic (exact) mass is 364 g/mol. The zero-order valence-electron chi connectivity index (χ0n) is 15.1. The average Bonchev–Trinajstić information content (AvgIpc) is 3.02. The Morgan fingerprint density at radius 3 is 2.56 bits per heavy atom. The smallest absolute Gasteiger partial charge is 0.319 e. The molecule has 2 N–H and O–H groups in total. The minimum atomic E-state index is -0.627. The summed E-state index contributed by atoms with van der Waals surface area (Å²) in [4.78, 5) is 26.1. The number of nitrogens with one attached hydrogen (secondary N) is 2. The van der Waals surface area contributed by atoms with E-state index in [0.29, 0.717) is 24.0 Å². The molecule has 0 saturated carbocycles. The molecule has 3 rings (SSSR count). The Bertz CT molecular complexity index is 871. The third kappa shape index (κ3) is 4.39.